The molecule has 19 heavy (non-hydrogen) atoms. The topological polar surface area (TPSA) is 84.5 Å². The summed E-state index contributed by atoms with van der Waals surface area (Å²) in [5, 5.41) is 4.37. The van der Waals surface area contributed by atoms with Crippen LogP contribution in [-0.4, -0.2) is 31.4 Å². The lowest BCUT2D eigenvalue weighted by atomic mass is 10.2. The first-order valence-corrected chi connectivity index (χ1v) is 6.21. The second-order valence-electron chi connectivity index (χ2n) is 3.64. The number of benzene rings is 1. The second-order valence-corrected chi connectivity index (χ2v) is 4.49. The fourth-order valence-corrected chi connectivity index (χ4v) is 1.70. The molecule has 0 spiro atoms. The van der Waals surface area contributed by atoms with Crippen molar-refractivity contribution in [3.8, 4) is 5.75 Å². The average molecular weight is 329 g/mol. The molecule has 1 rings (SSSR count). The van der Waals surface area contributed by atoms with Crippen LogP contribution in [0.15, 0.2) is 22.7 Å². The van der Waals surface area contributed by atoms with Crippen LogP contribution in [0.5, 0.6) is 5.75 Å². The molecule has 1 aromatic rings. The maximum Gasteiger partial charge on any atom is 0.321 e. The fourth-order valence-electron chi connectivity index (χ4n) is 1.21. The Morgan fingerprint density at radius 1 is 1.42 bits per heavy atom. The number of carbonyl (C=O) groups is 3. The molecule has 1 aromatic carbocycles. The number of hydrogen-bond donors (Lipinski definition) is 2. The van der Waals surface area contributed by atoms with Gasteiger partial charge in [0.15, 0.2) is 6.10 Å². The highest BCUT2D eigenvalue weighted by atomic mass is 79.9. The van der Waals surface area contributed by atoms with Crippen molar-refractivity contribution in [2.75, 3.05) is 7.05 Å². The van der Waals surface area contributed by atoms with Gasteiger partial charge in [-0.25, -0.2) is 4.79 Å². The lowest BCUT2D eigenvalue weighted by Gasteiger charge is -2.15. The first-order chi connectivity index (χ1) is 8.97. The van der Waals surface area contributed by atoms with E-state index < -0.39 is 18.0 Å². The van der Waals surface area contributed by atoms with Crippen LogP contribution in [0.1, 0.15) is 17.3 Å². The second kappa shape index (κ2) is 6.89. The smallest absolute Gasteiger partial charge is 0.321 e. The van der Waals surface area contributed by atoms with E-state index in [1.807, 2.05) is 0 Å². The highest BCUT2D eigenvalue weighted by molar-refractivity contribution is 9.10. The molecule has 0 unspecified atom stereocenters. The molecular formula is C12H13BrN2O4. The number of nitrogens with one attached hydrogen (secondary N) is 2. The van der Waals surface area contributed by atoms with Crippen molar-refractivity contribution in [1.82, 2.24) is 10.6 Å². The highest BCUT2D eigenvalue weighted by Gasteiger charge is 2.17. The molecule has 0 saturated heterocycles. The van der Waals surface area contributed by atoms with Gasteiger partial charge in [0.25, 0.3) is 5.91 Å². The molecule has 1 atom stereocenters. The molecule has 2 N–H and O–H groups in total. The summed E-state index contributed by atoms with van der Waals surface area (Å²) >= 11 is 3.24. The van der Waals surface area contributed by atoms with Crippen LogP contribution >= 0.6 is 15.9 Å². The molecule has 0 aromatic heterocycles. The number of aldehydes is 1. The van der Waals surface area contributed by atoms with E-state index in [-0.39, 0.29) is 0 Å². The van der Waals surface area contributed by atoms with E-state index >= 15 is 0 Å². The number of rotatable bonds is 4. The molecule has 0 heterocycles. The summed E-state index contributed by atoms with van der Waals surface area (Å²) in [4.78, 5) is 33.2. The zero-order valence-corrected chi connectivity index (χ0v) is 12.0. The van der Waals surface area contributed by atoms with Gasteiger partial charge in [0.2, 0.25) is 0 Å². The Morgan fingerprint density at radius 2 is 2.11 bits per heavy atom. The number of carbonyl (C=O) groups excluding carboxylic acids is 3. The molecule has 0 saturated carbocycles. The van der Waals surface area contributed by atoms with E-state index in [0.717, 1.165) is 0 Å². The van der Waals surface area contributed by atoms with Crippen molar-refractivity contribution in [1.29, 1.82) is 0 Å². The van der Waals surface area contributed by atoms with Crippen LogP contribution in [0.3, 0.4) is 0 Å². The van der Waals surface area contributed by atoms with Crippen molar-refractivity contribution in [2.45, 2.75) is 13.0 Å². The maximum atomic E-state index is 11.6. The first kappa shape index (κ1) is 15.2. The Labute approximate surface area is 118 Å². The zero-order valence-electron chi connectivity index (χ0n) is 10.4. The summed E-state index contributed by atoms with van der Waals surface area (Å²) in [7, 11) is 1.41. The van der Waals surface area contributed by atoms with E-state index in [2.05, 4.69) is 26.6 Å². The van der Waals surface area contributed by atoms with Crippen LogP contribution < -0.4 is 15.4 Å². The normalized spacial score (nSPS) is 11.3. The van der Waals surface area contributed by atoms with Gasteiger partial charge in [-0.1, -0.05) is 0 Å². The van der Waals surface area contributed by atoms with Gasteiger partial charge < -0.3 is 10.1 Å². The predicted molar refractivity (Wildman–Crippen MR) is 72.2 cm³/mol. The van der Waals surface area contributed by atoms with Crippen LogP contribution in [-0.2, 0) is 4.79 Å². The number of halogens is 1. The molecule has 0 aliphatic carbocycles. The van der Waals surface area contributed by atoms with Crippen molar-refractivity contribution in [2.24, 2.45) is 0 Å². The predicted octanol–water partition coefficient (Wildman–Crippen LogP) is 1.48. The lowest BCUT2D eigenvalue weighted by Crippen LogP contribution is -2.44. The summed E-state index contributed by atoms with van der Waals surface area (Å²) < 4.78 is 5.95. The third-order valence-corrected chi connectivity index (χ3v) is 2.85. The van der Waals surface area contributed by atoms with E-state index in [0.29, 0.717) is 22.1 Å². The third kappa shape index (κ3) is 4.36. The van der Waals surface area contributed by atoms with Gasteiger partial charge >= 0.3 is 6.03 Å². The Hall–Kier alpha value is -1.89. The van der Waals surface area contributed by atoms with Crippen LogP contribution in [0.25, 0.3) is 0 Å². The molecule has 0 fully saturated rings. The Balaban J connectivity index is 2.71. The zero-order chi connectivity index (χ0) is 14.4. The molecule has 7 heteroatoms. The molecule has 3 amide bonds. The van der Waals surface area contributed by atoms with Gasteiger partial charge in [-0.2, -0.15) is 0 Å². The number of urea groups is 1. The van der Waals surface area contributed by atoms with Gasteiger partial charge in [0.05, 0.1) is 4.47 Å². The average Bonchev–Trinajstić information content (AvgIpc) is 2.40. The maximum absolute atomic E-state index is 11.6. The summed E-state index contributed by atoms with van der Waals surface area (Å²) in [6.07, 6.45) is -0.147. The number of imide groups is 1. The standard InChI is InChI=1S/C12H13BrN2O4/c1-7(11(17)15-12(18)14-2)19-10-4-3-8(6-16)5-9(10)13/h3-7H,1-2H3,(H2,14,15,17,18)/t7-/m1/s1. The minimum atomic E-state index is -0.851. The Morgan fingerprint density at radius 3 is 2.63 bits per heavy atom. The first-order valence-electron chi connectivity index (χ1n) is 5.42. The third-order valence-electron chi connectivity index (χ3n) is 2.23. The van der Waals surface area contributed by atoms with Crippen LogP contribution in [0.2, 0.25) is 0 Å². The SMILES string of the molecule is CNC(=O)NC(=O)[C@@H](C)Oc1ccc(C=O)cc1Br. The summed E-state index contributed by atoms with van der Waals surface area (Å²) in [6.45, 7) is 1.51. The van der Waals surface area contributed by atoms with E-state index in [9.17, 15) is 14.4 Å². The number of amides is 3. The summed E-state index contributed by atoms with van der Waals surface area (Å²) in [5.41, 5.74) is 0.488. The molecule has 0 aliphatic heterocycles. The number of ether oxygens (including phenoxy) is 1. The lowest BCUT2D eigenvalue weighted by molar-refractivity contribution is -0.126. The molecule has 0 bridgehead atoms. The van der Waals surface area contributed by atoms with Gasteiger partial charge in [-0.3, -0.25) is 14.9 Å². The highest BCUT2D eigenvalue weighted by Crippen LogP contribution is 2.26. The minimum Gasteiger partial charge on any atom is -0.480 e. The summed E-state index contributed by atoms with van der Waals surface area (Å²) in [6, 6.07) is 4.11. The fraction of sp³-hybridized carbons (Fsp3) is 0.250. The molecule has 0 aliphatic rings. The molecule has 102 valence electrons. The molecule has 6 nitrogen and oxygen atoms in total. The van der Waals surface area contributed by atoms with E-state index in [4.69, 9.17) is 4.74 Å². The Kier molecular flexibility index (Phi) is 5.50. The van der Waals surface area contributed by atoms with E-state index in [1.54, 1.807) is 18.2 Å². The van der Waals surface area contributed by atoms with E-state index in [1.165, 1.54) is 14.0 Å². The van der Waals surface area contributed by atoms with Crippen molar-refractivity contribution >= 4 is 34.2 Å². The van der Waals surface area contributed by atoms with Crippen LogP contribution in [0, 0.1) is 0 Å². The number of hydrogen-bond acceptors (Lipinski definition) is 4. The van der Waals surface area contributed by atoms with Gasteiger partial charge in [0.1, 0.15) is 12.0 Å². The van der Waals surface area contributed by atoms with Gasteiger partial charge in [-0.05, 0) is 41.1 Å². The molecular weight excluding hydrogens is 316 g/mol. The minimum absolute atomic E-state index is 0.408. The van der Waals surface area contributed by atoms with Gasteiger partial charge in [-0.15, -0.1) is 0 Å². The quantitative estimate of drug-likeness (QED) is 0.820. The van der Waals surface area contributed by atoms with Gasteiger partial charge in [0, 0.05) is 12.6 Å². The monoisotopic (exact) mass is 328 g/mol. The van der Waals surface area contributed by atoms with Crippen molar-refractivity contribution in [3.63, 3.8) is 0 Å². The molecule has 0 radical (unpaired) electrons. The van der Waals surface area contributed by atoms with Crippen LogP contribution in [0.4, 0.5) is 4.79 Å². The summed E-state index contributed by atoms with van der Waals surface area (Å²) in [5.74, 6) is -0.157. The largest absolute Gasteiger partial charge is 0.480 e. The van der Waals surface area contributed by atoms with Crippen molar-refractivity contribution in [3.05, 3.63) is 28.2 Å². The Bertz CT molecular complexity index is 505. The van der Waals surface area contributed by atoms with Crippen molar-refractivity contribution < 1.29 is 19.1 Å².